The molecule has 0 amide bonds. The molecule has 6 nitrogen and oxygen atoms in total. The van der Waals surface area contributed by atoms with Gasteiger partial charge in [-0.3, -0.25) is 10.1 Å². The quantitative estimate of drug-likeness (QED) is 0.432. The molecule has 1 aromatic heterocycles. The van der Waals surface area contributed by atoms with E-state index in [-0.39, 0.29) is 11.5 Å². The number of anilines is 1. The van der Waals surface area contributed by atoms with Gasteiger partial charge in [0.15, 0.2) is 0 Å². The third kappa shape index (κ3) is 3.19. The number of hydrogen-bond donors (Lipinski definition) is 4. The zero-order valence-corrected chi connectivity index (χ0v) is 10.8. The fourth-order valence-corrected chi connectivity index (χ4v) is 1.54. The van der Waals surface area contributed by atoms with Crippen molar-refractivity contribution in [2.45, 2.75) is 13.8 Å². The molecule has 1 heterocycles. The van der Waals surface area contributed by atoms with E-state index in [1.165, 1.54) is 0 Å². The van der Waals surface area contributed by atoms with Gasteiger partial charge in [-0.15, -0.1) is 4.98 Å². The van der Waals surface area contributed by atoms with Crippen molar-refractivity contribution in [1.82, 2.24) is 9.97 Å². The van der Waals surface area contributed by atoms with Gasteiger partial charge in [0.25, 0.3) is 11.5 Å². The van der Waals surface area contributed by atoms with Crippen LogP contribution >= 0.6 is 0 Å². The van der Waals surface area contributed by atoms with Crippen LogP contribution in [0, 0.1) is 13.8 Å². The fourth-order valence-electron chi connectivity index (χ4n) is 1.54. The Morgan fingerprint density at radius 2 is 2.00 bits per heavy atom. The van der Waals surface area contributed by atoms with E-state index in [2.05, 4.69) is 20.3 Å². The lowest BCUT2D eigenvalue weighted by atomic mass is 10.3. The van der Waals surface area contributed by atoms with E-state index in [0.717, 1.165) is 5.69 Å². The first-order valence-corrected chi connectivity index (χ1v) is 5.85. The second-order valence-corrected chi connectivity index (χ2v) is 4.15. The molecule has 0 radical (unpaired) electrons. The summed E-state index contributed by atoms with van der Waals surface area (Å²) < 4.78 is 0. The predicted molar refractivity (Wildman–Crippen MR) is 74.2 cm³/mol. The van der Waals surface area contributed by atoms with Crippen LogP contribution in [0.15, 0.2) is 35.1 Å². The van der Waals surface area contributed by atoms with Crippen LogP contribution in [-0.4, -0.2) is 15.9 Å². The summed E-state index contributed by atoms with van der Waals surface area (Å²) in [5, 5.41) is 2.97. The zero-order chi connectivity index (χ0) is 13.8. The minimum atomic E-state index is -0.178. The van der Waals surface area contributed by atoms with Crippen LogP contribution in [0.3, 0.4) is 0 Å². The summed E-state index contributed by atoms with van der Waals surface area (Å²) in [4.78, 5) is 21.2. The lowest BCUT2D eigenvalue weighted by Gasteiger charge is -2.01. The topological polar surface area (TPSA) is 97.8 Å². The summed E-state index contributed by atoms with van der Waals surface area (Å²) in [7, 11) is 0. The minimum Gasteiger partial charge on any atom is -0.322 e. The molecule has 1 aromatic carbocycles. The molecule has 0 unspecified atom stereocenters. The van der Waals surface area contributed by atoms with Gasteiger partial charge in [-0.2, -0.15) is 0 Å². The Labute approximate surface area is 110 Å². The largest absolute Gasteiger partial charge is 0.325 e. The Balaban J connectivity index is 2.24. The molecule has 0 fully saturated rings. The summed E-state index contributed by atoms with van der Waals surface area (Å²) in [6, 6.07) is 9.46. The predicted octanol–water partition coefficient (Wildman–Crippen LogP) is -0.474. The molecule has 5 N–H and O–H groups in total. The van der Waals surface area contributed by atoms with Gasteiger partial charge in [-0.1, -0.05) is 18.2 Å². The molecule has 19 heavy (non-hydrogen) atoms. The van der Waals surface area contributed by atoms with Crippen LogP contribution in [0.2, 0.25) is 0 Å². The van der Waals surface area contributed by atoms with Crippen LogP contribution in [0.4, 0.5) is 11.6 Å². The number of guanidine groups is 1. The molecule has 2 aromatic rings. The molecular weight excluding hydrogens is 242 g/mol. The van der Waals surface area contributed by atoms with E-state index in [1.807, 2.05) is 30.3 Å². The van der Waals surface area contributed by atoms with E-state index in [0.29, 0.717) is 17.2 Å². The van der Waals surface area contributed by atoms with E-state index in [9.17, 15) is 4.79 Å². The highest BCUT2D eigenvalue weighted by Gasteiger charge is 2.07. The third-order valence-corrected chi connectivity index (χ3v) is 2.70. The Morgan fingerprint density at radius 3 is 2.63 bits per heavy atom. The number of aromatic nitrogens is 2. The summed E-state index contributed by atoms with van der Waals surface area (Å²) in [6.45, 7) is 3.50. The molecule has 0 bridgehead atoms. The van der Waals surface area contributed by atoms with Gasteiger partial charge in [-0.25, -0.2) is 9.98 Å². The molecule has 0 saturated carbocycles. The monoisotopic (exact) mass is 258 g/mol. The maximum Gasteiger partial charge on any atom is 0.325 e. The van der Waals surface area contributed by atoms with Gasteiger partial charge in [0.1, 0.15) is 0 Å². The summed E-state index contributed by atoms with van der Waals surface area (Å²) in [5.41, 5.74) is 7.74. The number of hydrogen-bond acceptors (Lipinski definition) is 2. The Kier molecular flexibility index (Phi) is 3.61. The van der Waals surface area contributed by atoms with Crippen molar-refractivity contribution in [2.75, 3.05) is 5.32 Å². The van der Waals surface area contributed by atoms with Gasteiger partial charge in [0, 0.05) is 0 Å². The van der Waals surface area contributed by atoms with Crippen molar-refractivity contribution < 1.29 is 4.99 Å². The van der Waals surface area contributed by atoms with Crippen molar-refractivity contribution in [3.63, 3.8) is 0 Å². The second-order valence-electron chi connectivity index (χ2n) is 4.15. The molecular formula is C13H16N5O+. The van der Waals surface area contributed by atoms with Crippen LogP contribution < -0.4 is 21.6 Å². The van der Waals surface area contributed by atoms with Gasteiger partial charge < -0.3 is 5.73 Å². The highest BCUT2D eigenvalue weighted by molar-refractivity contribution is 5.88. The Morgan fingerprint density at radius 1 is 1.32 bits per heavy atom. The summed E-state index contributed by atoms with van der Waals surface area (Å²) in [6.07, 6.45) is 0. The van der Waals surface area contributed by atoms with Crippen LogP contribution in [-0.2, 0) is 0 Å². The molecule has 0 aliphatic heterocycles. The molecule has 2 rings (SSSR count). The molecule has 0 saturated heterocycles. The number of H-pyrrole nitrogens is 1. The molecule has 0 aliphatic rings. The first-order valence-electron chi connectivity index (χ1n) is 5.85. The standard InChI is InChI=1S/C13H15N5O/c1-8-9(2)15-13(17-11(8)19)18-12(14)16-10-6-4-3-5-7-10/h3-7H,1-2H3,(H4,14,15,16,17,18,19)/p+1. The molecule has 6 heteroatoms. The molecule has 0 aliphatic carbocycles. The van der Waals surface area contributed by atoms with Gasteiger partial charge in [0.2, 0.25) is 0 Å². The Bertz CT molecular complexity index is 660. The van der Waals surface area contributed by atoms with Gasteiger partial charge >= 0.3 is 5.95 Å². The Hall–Kier alpha value is -2.63. The van der Waals surface area contributed by atoms with E-state index >= 15 is 0 Å². The van der Waals surface area contributed by atoms with Crippen molar-refractivity contribution in [1.29, 1.82) is 0 Å². The normalized spacial score (nSPS) is 11.4. The number of nitrogens with one attached hydrogen (secondary N) is 3. The van der Waals surface area contributed by atoms with Gasteiger partial charge in [0.05, 0.1) is 16.9 Å². The third-order valence-electron chi connectivity index (χ3n) is 2.70. The number of nitrogens with two attached hydrogens (primary N) is 1. The van der Waals surface area contributed by atoms with E-state index in [4.69, 9.17) is 5.73 Å². The number of benzene rings is 1. The summed E-state index contributed by atoms with van der Waals surface area (Å²) in [5.74, 6) is 0.603. The number of rotatable bonds is 2. The smallest absolute Gasteiger partial charge is 0.322 e. The van der Waals surface area contributed by atoms with Crippen LogP contribution in [0.5, 0.6) is 0 Å². The summed E-state index contributed by atoms with van der Waals surface area (Å²) >= 11 is 0. The number of aromatic amines is 1. The number of nitrogens with zero attached hydrogens (tertiary/aromatic N) is 1. The maximum absolute atomic E-state index is 11.6. The first-order chi connectivity index (χ1) is 9.06. The minimum absolute atomic E-state index is 0.178. The maximum atomic E-state index is 11.6. The highest BCUT2D eigenvalue weighted by Crippen LogP contribution is 2.02. The lowest BCUT2D eigenvalue weighted by Crippen LogP contribution is -2.73. The second kappa shape index (κ2) is 5.34. The highest BCUT2D eigenvalue weighted by atomic mass is 16.1. The van der Waals surface area contributed by atoms with E-state index < -0.39 is 0 Å². The molecule has 0 spiro atoms. The van der Waals surface area contributed by atoms with Crippen LogP contribution in [0.25, 0.3) is 0 Å². The van der Waals surface area contributed by atoms with Crippen molar-refractivity contribution in [3.8, 4) is 0 Å². The SMILES string of the molecule is Cc1nc([NH+]=C(N)Nc2ccccc2)[nH]c(=O)c1C. The van der Waals surface area contributed by atoms with Crippen molar-refractivity contribution >= 4 is 17.6 Å². The lowest BCUT2D eigenvalue weighted by molar-refractivity contribution is -0.365. The zero-order valence-electron chi connectivity index (χ0n) is 10.8. The van der Waals surface area contributed by atoms with E-state index in [1.54, 1.807) is 13.8 Å². The van der Waals surface area contributed by atoms with Gasteiger partial charge in [-0.05, 0) is 26.0 Å². The average Bonchev–Trinajstić information content (AvgIpc) is 2.37. The van der Waals surface area contributed by atoms with Crippen molar-refractivity contribution in [2.24, 2.45) is 5.73 Å². The van der Waals surface area contributed by atoms with Crippen molar-refractivity contribution in [3.05, 3.63) is 51.9 Å². The van der Waals surface area contributed by atoms with Crippen LogP contribution in [0.1, 0.15) is 11.3 Å². The number of para-hydroxylation sites is 1. The first kappa shape index (κ1) is 12.8. The molecule has 98 valence electrons. The number of aryl methyl sites for hydroxylation is 1. The molecule has 0 atom stereocenters. The fraction of sp³-hybridized carbons (Fsp3) is 0.154. The average molecular weight is 258 g/mol.